The second-order valence-electron chi connectivity index (χ2n) is 8.52. The summed E-state index contributed by atoms with van der Waals surface area (Å²) in [6, 6.07) is 0. The smallest absolute Gasteiger partial charge is 0.314 e. The highest BCUT2D eigenvalue weighted by Crippen LogP contribution is 2.22. The summed E-state index contributed by atoms with van der Waals surface area (Å²) in [5.74, 6) is -2.06. The number of Topliss-reactive ketones (excluding diaryl/α,β-unsaturated/α-hetero) is 1. The van der Waals surface area contributed by atoms with Gasteiger partial charge in [0.25, 0.3) is 0 Å². The van der Waals surface area contributed by atoms with E-state index in [0.29, 0.717) is 13.0 Å². The highest BCUT2D eigenvalue weighted by atomic mass is 16.7. The van der Waals surface area contributed by atoms with Crippen molar-refractivity contribution in [2.45, 2.75) is 129 Å². The van der Waals surface area contributed by atoms with Gasteiger partial charge in [0.1, 0.15) is 11.7 Å². The van der Waals surface area contributed by atoms with Crippen molar-refractivity contribution in [3.8, 4) is 0 Å². The van der Waals surface area contributed by atoms with E-state index in [1.165, 1.54) is 32.1 Å². The summed E-state index contributed by atoms with van der Waals surface area (Å²) < 4.78 is 11.7. The van der Waals surface area contributed by atoms with E-state index in [0.717, 1.165) is 57.8 Å². The van der Waals surface area contributed by atoms with Crippen LogP contribution in [0, 0.1) is 5.92 Å². The van der Waals surface area contributed by atoms with Gasteiger partial charge in [0.15, 0.2) is 6.29 Å². The van der Waals surface area contributed by atoms with Crippen LogP contribution in [0.1, 0.15) is 117 Å². The van der Waals surface area contributed by atoms with E-state index in [4.69, 9.17) is 9.47 Å². The summed E-state index contributed by atoms with van der Waals surface area (Å²) in [5.41, 5.74) is 0. The lowest BCUT2D eigenvalue weighted by Gasteiger charge is -2.28. The Morgan fingerprint density at radius 2 is 1.59 bits per heavy atom. The molecule has 1 N–H and O–H groups in total. The highest BCUT2D eigenvalue weighted by Gasteiger charge is 2.29. The Kier molecular flexibility index (Phi) is 15.1. The summed E-state index contributed by atoms with van der Waals surface area (Å²) in [5, 5.41) is 9.57. The normalized spacial score (nSPS) is 19.0. The van der Waals surface area contributed by atoms with Gasteiger partial charge in [0, 0.05) is 13.0 Å². The van der Waals surface area contributed by atoms with E-state index in [1.807, 2.05) is 0 Å². The van der Waals surface area contributed by atoms with Crippen LogP contribution in [-0.4, -0.2) is 35.9 Å². The number of ether oxygens (including phenoxy) is 2. The number of carbonyl (C=O) groups excluding carboxylic acids is 1. The molecule has 1 aliphatic heterocycles. The van der Waals surface area contributed by atoms with Crippen LogP contribution in [0.4, 0.5) is 0 Å². The van der Waals surface area contributed by atoms with Crippen LogP contribution < -0.4 is 0 Å². The molecule has 5 nitrogen and oxygen atoms in total. The van der Waals surface area contributed by atoms with E-state index < -0.39 is 11.9 Å². The molecule has 0 aromatic heterocycles. The van der Waals surface area contributed by atoms with Gasteiger partial charge >= 0.3 is 5.97 Å². The van der Waals surface area contributed by atoms with Crippen molar-refractivity contribution in [1.29, 1.82) is 0 Å². The molecule has 0 spiro atoms. The molecule has 1 heterocycles. The molecule has 1 rings (SSSR count). The molecule has 170 valence electrons. The Bertz CT molecular complexity index is 431. The number of hydrogen-bond donors (Lipinski definition) is 1. The van der Waals surface area contributed by atoms with Gasteiger partial charge in [-0.25, -0.2) is 0 Å². The van der Waals surface area contributed by atoms with Crippen molar-refractivity contribution in [3.63, 3.8) is 0 Å². The number of hydrogen-bond acceptors (Lipinski definition) is 4. The molecule has 0 radical (unpaired) electrons. The van der Waals surface area contributed by atoms with E-state index in [2.05, 4.69) is 13.8 Å². The van der Waals surface area contributed by atoms with Crippen LogP contribution in [0.2, 0.25) is 0 Å². The fraction of sp³-hybridized carbons (Fsp3) is 0.917. The molecule has 1 saturated heterocycles. The first-order chi connectivity index (χ1) is 14.1. The maximum Gasteiger partial charge on any atom is 0.314 e. The third kappa shape index (κ3) is 12.4. The Morgan fingerprint density at radius 1 is 0.931 bits per heavy atom. The summed E-state index contributed by atoms with van der Waals surface area (Å²) in [4.78, 5) is 24.4. The van der Waals surface area contributed by atoms with Crippen LogP contribution in [0.3, 0.4) is 0 Å². The molecule has 1 fully saturated rings. The zero-order valence-corrected chi connectivity index (χ0v) is 18.8. The Balaban J connectivity index is 2.40. The number of carboxylic acids is 1. The molecular formula is C24H44O5. The number of aliphatic carboxylic acids is 1. The van der Waals surface area contributed by atoms with E-state index >= 15 is 0 Å². The maximum atomic E-state index is 12.7. The lowest BCUT2D eigenvalue weighted by Crippen LogP contribution is -2.32. The highest BCUT2D eigenvalue weighted by molar-refractivity contribution is 5.98. The van der Waals surface area contributed by atoms with Gasteiger partial charge in [0.2, 0.25) is 0 Å². The molecule has 2 unspecified atom stereocenters. The summed E-state index contributed by atoms with van der Waals surface area (Å²) in [7, 11) is 0. The number of rotatable bonds is 18. The summed E-state index contributed by atoms with van der Waals surface area (Å²) >= 11 is 0. The Hall–Kier alpha value is -0.940. The lowest BCUT2D eigenvalue weighted by atomic mass is 9.92. The molecule has 0 aliphatic carbocycles. The molecule has 0 saturated carbocycles. The van der Waals surface area contributed by atoms with Crippen molar-refractivity contribution in [2.24, 2.45) is 5.92 Å². The van der Waals surface area contributed by atoms with Gasteiger partial charge < -0.3 is 14.6 Å². The largest absolute Gasteiger partial charge is 0.481 e. The predicted molar refractivity (Wildman–Crippen MR) is 116 cm³/mol. The second kappa shape index (κ2) is 16.8. The third-order valence-electron chi connectivity index (χ3n) is 5.82. The topological polar surface area (TPSA) is 72.8 Å². The molecule has 0 amide bonds. The minimum atomic E-state index is -0.985. The fourth-order valence-electron chi connectivity index (χ4n) is 3.95. The quantitative estimate of drug-likeness (QED) is 0.212. The molecule has 5 heteroatoms. The SMILES string of the molecule is CCCCCCCCCCC(C(=O)O)C(=O)CC(CCCC)O[C@@H]1CCCCO1. The van der Waals surface area contributed by atoms with Crippen LogP contribution in [0.5, 0.6) is 0 Å². The van der Waals surface area contributed by atoms with Crippen molar-refractivity contribution in [2.75, 3.05) is 6.61 Å². The van der Waals surface area contributed by atoms with E-state index in [-0.39, 0.29) is 24.6 Å². The average Bonchev–Trinajstić information content (AvgIpc) is 2.71. The van der Waals surface area contributed by atoms with Gasteiger partial charge in [-0.2, -0.15) is 0 Å². The van der Waals surface area contributed by atoms with Crippen LogP contribution >= 0.6 is 0 Å². The van der Waals surface area contributed by atoms with Gasteiger partial charge in [-0.1, -0.05) is 78.1 Å². The summed E-state index contributed by atoms with van der Waals surface area (Å²) in [6.45, 7) is 5.02. The van der Waals surface area contributed by atoms with Gasteiger partial charge in [-0.3, -0.25) is 9.59 Å². The van der Waals surface area contributed by atoms with E-state index in [9.17, 15) is 14.7 Å². The Morgan fingerprint density at radius 3 is 2.17 bits per heavy atom. The van der Waals surface area contributed by atoms with Crippen molar-refractivity contribution in [3.05, 3.63) is 0 Å². The molecule has 0 bridgehead atoms. The minimum Gasteiger partial charge on any atom is -0.481 e. The van der Waals surface area contributed by atoms with Crippen molar-refractivity contribution in [1.82, 2.24) is 0 Å². The van der Waals surface area contributed by atoms with Crippen LogP contribution in [0.25, 0.3) is 0 Å². The van der Waals surface area contributed by atoms with Gasteiger partial charge in [-0.15, -0.1) is 0 Å². The minimum absolute atomic E-state index is 0.183. The molecule has 0 aromatic carbocycles. The third-order valence-corrected chi connectivity index (χ3v) is 5.82. The molecule has 29 heavy (non-hydrogen) atoms. The first kappa shape index (κ1) is 26.1. The van der Waals surface area contributed by atoms with Gasteiger partial charge in [-0.05, 0) is 32.1 Å². The van der Waals surface area contributed by atoms with Crippen molar-refractivity contribution < 1.29 is 24.2 Å². The maximum absolute atomic E-state index is 12.7. The molecule has 0 aromatic rings. The molecule has 1 aliphatic rings. The standard InChI is InChI=1S/C24H44O5/c1-3-5-7-8-9-10-11-12-16-21(24(26)27)22(25)19-20(15-6-4-2)29-23-17-13-14-18-28-23/h20-21,23H,3-19H2,1-2H3,(H,26,27)/t20?,21?,23-/m1/s1. The molecular weight excluding hydrogens is 368 g/mol. The first-order valence-corrected chi connectivity index (χ1v) is 12.1. The average molecular weight is 413 g/mol. The number of carboxylic acid groups (broad SMARTS) is 1. The van der Waals surface area contributed by atoms with Crippen LogP contribution in [0.15, 0.2) is 0 Å². The zero-order chi connectivity index (χ0) is 21.3. The number of carbonyl (C=O) groups is 2. The Labute approximate surface area is 177 Å². The zero-order valence-electron chi connectivity index (χ0n) is 18.8. The van der Waals surface area contributed by atoms with Crippen LogP contribution in [-0.2, 0) is 19.1 Å². The molecule has 3 atom stereocenters. The van der Waals surface area contributed by atoms with E-state index in [1.54, 1.807) is 0 Å². The second-order valence-corrected chi connectivity index (χ2v) is 8.52. The number of ketones is 1. The lowest BCUT2D eigenvalue weighted by molar-refractivity contribution is -0.191. The van der Waals surface area contributed by atoms with Gasteiger partial charge in [0.05, 0.1) is 6.10 Å². The number of unbranched alkanes of at least 4 members (excludes halogenated alkanes) is 8. The summed E-state index contributed by atoms with van der Waals surface area (Å²) in [6.07, 6.45) is 15.2. The fourth-order valence-corrected chi connectivity index (χ4v) is 3.95. The first-order valence-electron chi connectivity index (χ1n) is 12.1. The monoisotopic (exact) mass is 412 g/mol. The van der Waals surface area contributed by atoms with Crippen molar-refractivity contribution >= 4 is 11.8 Å². The predicted octanol–water partition coefficient (Wildman–Crippen LogP) is 6.28.